The van der Waals surface area contributed by atoms with E-state index in [1.54, 1.807) is 0 Å². The minimum atomic E-state index is -0.825. The predicted octanol–water partition coefficient (Wildman–Crippen LogP) is 5.06. The molecule has 7 atom stereocenters. The first-order chi connectivity index (χ1) is 19.7. The number of benzene rings is 1. The molecule has 2 aromatic rings. The summed E-state index contributed by atoms with van der Waals surface area (Å²) >= 11 is 0. The third kappa shape index (κ3) is 4.98. The Kier molecular flexibility index (Phi) is 7.47. The monoisotopic (exact) mass is 561 g/mol. The number of nitrogens with zero attached hydrogens (tertiary/aromatic N) is 1. The van der Waals surface area contributed by atoms with Crippen LogP contribution in [-0.2, 0) is 25.6 Å². The number of hydrogen-bond donors (Lipinski definition) is 3. The minimum absolute atomic E-state index is 0.0940. The molecular formula is C33H43N3O5. The number of carbonyl (C=O) groups is 2. The zero-order valence-corrected chi connectivity index (χ0v) is 24.4. The molecule has 0 saturated heterocycles. The number of ether oxygens (including phenoxy) is 1. The highest BCUT2D eigenvalue weighted by molar-refractivity contribution is 5.96. The topological polar surface area (TPSA) is 113 Å². The summed E-state index contributed by atoms with van der Waals surface area (Å²) in [6, 6.07) is 7.02. The van der Waals surface area contributed by atoms with Crippen LogP contribution in [0.4, 0.5) is 0 Å². The molecule has 0 spiro atoms. The maximum Gasteiger partial charge on any atom is 0.328 e. The fourth-order valence-electron chi connectivity index (χ4n) is 8.88. The molecule has 220 valence electrons. The number of amides is 1. The number of H-pyrrole nitrogens is 1. The number of aromatic amines is 1. The van der Waals surface area contributed by atoms with Crippen LogP contribution in [0, 0.1) is 28.6 Å². The average molecular weight is 562 g/mol. The van der Waals surface area contributed by atoms with Crippen LogP contribution in [0.15, 0.2) is 47.3 Å². The molecule has 1 heterocycles. The molecule has 1 amide bonds. The summed E-state index contributed by atoms with van der Waals surface area (Å²) in [5, 5.41) is 18.8. The number of esters is 1. The number of aromatic nitrogens is 1. The summed E-state index contributed by atoms with van der Waals surface area (Å²) in [5.74, 6) is 1.07. The van der Waals surface area contributed by atoms with Crippen LogP contribution in [0.1, 0.15) is 70.8 Å². The predicted molar refractivity (Wildman–Crippen MR) is 157 cm³/mol. The number of hydrogen-bond acceptors (Lipinski definition) is 6. The van der Waals surface area contributed by atoms with E-state index in [1.807, 2.05) is 30.5 Å². The lowest BCUT2D eigenvalue weighted by atomic mass is 9.47. The molecule has 0 unspecified atom stereocenters. The van der Waals surface area contributed by atoms with E-state index in [1.165, 1.54) is 25.5 Å². The van der Waals surface area contributed by atoms with Gasteiger partial charge in [-0.3, -0.25) is 4.79 Å². The van der Waals surface area contributed by atoms with E-state index in [0.29, 0.717) is 24.2 Å². The number of oxime groups is 1. The number of rotatable bonds is 7. The van der Waals surface area contributed by atoms with Crippen LogP contribution in [0.5, 0.6) is 0 Å². The van der Waals surface area contributed by atoms with E-state index in [0.717, 1.165) is 60.7 Å². The first-order valence-electron chi connectivity index (χ1n) is 15.2. The molecule has 3 fully saturated rings. The van der Waals surface area contributed by atoms with Gasteiger partial charge in [0.1, 0.15) is 6.04 Å². The van der Waals surface area contributed by atoms with Crippen LogP contribution >= 0.6 is 0 Å². The van der Waals surface area contributed by atoms with E-state index < -0.39 is 17.9 Å². The molecule has 0 radical (unpaired) electrons. The Morgan fingerprint density at radius 2 is 1.95 bits per heavy atom. The van der Waals surface area contributed by atoms with Gasteiger partial charge in [0.25, 0.3) is 5.91 Å². The highest BCUT2D eigenvalue weighted by Crippen LogP contribution is 2.65. The lowest BCUT2D eigenvalue weighted by molar-refractivity contribution is -0.145. The van der Waals surface area contributed by atoms with Crippen molar-refractivity contribution >= 4 is 28.5 Å². The number of fused-ring (bicyclic) bond motifs is 6. The maximum absolute atomic E-state index is 12.7. The van der Waals surface area contributed by atoms with Gasteiger partial charge < -0.3 is 25.0 Å². The summed E-state index contributed by atoms with van der Waals surface area (Å²) in [6.07, 6.45) is 12.8. The zero-order chi connectivity index (χ0) is 28.8. The third-order valence-corrected chi connectivity index (χ3v) is 11.2. The molecule has 0 bridgehead atoms. The van der Waals surface area contributed by atoms with Gasteiger partial charge in [-0.05, 0) is 97.7 Å². The van der Waals surface area contributed by atoms with Gasteiger partial charge in [-0.2, -0.15) is 0 Å². The number of aliphatic hydroxyl groups excluding tert-OH is 1. The number of allylic oxidation sites excluding steroid dienone is 2. The highest BCUT2D eigenvalue weighted by Gasteiger charge is 2.58. The fourth-order valence-corrected chi connectivity index (χ4v) is 8.88. The summed E-state index contributed by atoms with van der Waals surface area (Å²) in [5.41, 5.74) is 4.51. The first kappa shape index (κ1) is 28.0. The van der Waals surface area contributed by atoms with E-state index in [-0.39, 0.29) is 23.5 Å². The molecule has 1 aromatic heterocycles. The Hall–Kier alpha value is -3.13. The SMILES string of the molecule is COC(=O)[C@H](Cc1c[nH]c2ccccc12)NC(=O)CO/N=C1\C=C2CC[C@H]3[C@@H]4CC[C@H](O)[C@@]4(C)CC[C@@H]3[C@@]2(C)CC1. The lowest BCUT2D eigenvalue weighted by Gasteiger charge is -2.57. The summed E-state index contributed by atoms with van der Waals surface area (Å²) in [7, 11) is 1.32. The van der Waals surface area contributed by atoms with Crippen molar-refractivity contribution in [1.82, 2.24) is 10.3 Å². The van der Waals surface area contributed by atoms with Crippen LogP contribution < -0.4 is 5.32 Å². The van der Waals surface area contributed by atoms with Crippen molar-refractivity contribution in [1.29, 1.82) is 0 Å². The Balaban J connectivity index is 1.07. The standard InChI is InChI=1S/C33H43N3O5/c1-32-14-12-22(17-21(32)8-9-24-25-10-11-29(37)33(25,2)15-13-26(24)32)36-41-19-30(38)35-28(31(39)40-3)16-20-18-34-27-7-5-4-6-23(20)27/h4-7,17-18,24-26,28-29,34,37H,8-16,19H2,1-3H3,(H,35,38)/b36-22-/t24-,25-,26-,28-,29-,32-,33-/m0/s1. The first-order valence-corrected chi connectivity index (χ1v) is 15.2. The van der Waals surface area contributed by atoms with Gasteiger partial charge in [-0.25, -0.2) is 4.79 Å². The van der Waals surface area contributed by atoms with Gasteiger partial charge in [0, 0.05) is 23.5 Å². The molecule has 4 aliphatic carbocycles. The number of aliphatic hydroxyl groups is 1. The molecule has 8 heteroatoms. The summed E-state index contributed by atoms with van der Waals surface area (Å²) < 4.78 is 4.95. The van der Waals surface area contributed by atoms with E-state index in [2.05, 4.69) is 35.4 Å². The van der Waals surface area contributed by atoms with Crippen molar-refractivity contribution in [2.24, 2.45) is 33.7 Å². The van der Waals surface area contributed by atoms with Gasteiger partial charge >= 0.3 is 5.97 Å². The number of nitrogens with one attached hydrogen (secondary N) is 2. The van der Waals surface area contributed by atoms with Gasteiger partial charge in [-0.1, -0.05) is 42.8 Å². The summed E-state index contributed by atoms with van der Waals surface area (Å²) in [6.45, 7) is 4.50. The molecule has 3 N–H and O–H groups in total. The molecule has 3 saturated carbocycles. The molecule has 0 aliphatic heterocycles. The van der Waals surface area contributed by atoms with Crippen molar-refractivity contribution < 1.29 is 24.3 Å². The normalized spacial score (nSPS) is 34.2. The third-order valence-electron chi connectivity index (χ3n) is 11.2. The Morgan fingerprint density at radius 3 is 2.78 bits per heavy atom. The van der Waals surface area contributed by atoms with Crippen molar-refractivity contribution in [3.63, 3.8) is 0 Å². The smallest absolute Gasteiger partial charge is 0.328 e. The quantitative estimate of drug-likeness (QED) is 0.323. The number of carbonyl (C=O) groups excluding carboxylic acids is 2. The summed E-state index contributed by atoms with van der Waals surface area (Å²) in [4.78, 5) is 33.9. The van der Waals surface area contributed by atoms with Gasteiger partial charge in [0.15, 0.2) is 6.61 Å². The second-order valence-electron chi connectivity index (χ2n) is 13.2. The lowest BCUT2D eigenvalue weighted by Crippen LogP contribution is -2.51. The fraction of sp³-hybridized carbons (Fsp3) is 0.606. The molecule has 6 rings (SSSR count). The van der Waals surface area contributed by atoms with E-state index in [9.17, 15) is 14.7 Å². The van der Waals surface area contributed by atoms with Crippen molar-refractivity contribution in [2.45, 2.75) is 83.8 Å². The number of para-hydroxylation sites is 1. The van der Waals surface area contributed by atoms with Gasteiger partial charge in [0.2, 0.25) is 0 Å². The molecule has 1 aromatic carbocycles. The van der Waals surface area contributed by atoms with E-state index in [4.69, 9.17) is 9.57 Å². The van der Waals surface area contributed by atoms with Crippen molar-refractivity contribution in [2.75, 3.05) is 13.7 Å². The molecule has 41 heavy (non-hydrogen) atoms. The van der Waals surface area contributed by atoms with Crippen molar-refractivity contribution in [3.8, 4) is 0 Å². The largest absolute Gasteiger partial charge is 0.467 e. The minimum Gasteiger partial charge on any atom is -0.467 e. The number of methoxy groups -OCH3 is 1. The van der Waals surface area contributed by atoms with Gasteiger partial charge in [-0.15, -0.1) is 0 Å². The van der Waals surface area contributed by atoms with Crippen LogP contribution in [0.3, 0.4) is 0 Å². The second-order valence-corrected chi connectivity index (χ2v) is 13.2. The highest BCUT2D eigenvalue weighted by atomic mass is 16.6. The maximum atomic E-state index is 12.7. The average Bonchev–Trinajstić information content (AvgIpc) is 3.52. The van der Waals surface area contributed by atoms with Gasteiger partial charge in [0.05, 0.1) is 18.9 Å². The van der Waals surface area contributed by atoms with E-state index >= 15 is 0 Å². The Bertz CT molecular complexity index is 1380. The second kappa shape index (κ2) is 10.9. The Morgan fingerprint density at radius 1 is 1.12 bits per heavy atom. The van der Waals surface area contributed by atoms with Crippen molar-refractivity contribution in [3.05, 3.63) is 47.7 Å². The van der Waals surface area contributed by atoms with Crippen LogP contribution in [0.2, 0.25) is 0 Å². The molecule has 8 nitrogen and oxygen atoms in total. The molecule has 4 aliphatic rings. The van der Waals surface area contributed by atoms with Crippen LogP contribution in [-0.4, -0.2) is 53.5 Å². The van der Waals surface area contributed by atoms with Crippen LogP contribution in [0.25, 0.3) is 10.9 Å². The Labute approximate surface area is 241 Å². The zero-order valence-electron chi connectivity index (χ0n) is 24.4. The molecular weight excluding hydrogens is 518 g/mol.